The van der Waals surface area contributed by atoms with E-state index in [9.17, 15) is 0 Å². The molecule has 1 unspecified atom stereocenters. The molecule has 1 aromatic heterocycles. The van der Waals surface area contributed by atoms with Gasteiger partial charge in [-0.1, -0.05) is 44.2 Å². The summed E-state index contributed by atoms with van der Waals surface area (Å²) in [6.45, 7) is 7.54. The Balaban J connectivity index is 1.94. The summed E-state index contributed by atoms with van der Waals surface area (Å²) >= 11 is 0. The van der Waals surface area contributed by atoms with E-state index < -0.39 is 0 Å². The van der Waals surface area contributed by atoms with Crippen molar-refractivity contribution >= 4 is 11.8 Å². The molecule has 0 amide bonds. The SMILES string of the molecule is CCCNc1nc(-c2ccccc2)cc(N2CCCC(C)C2)n1. The number of aromatic nitrogens is 2. The van der Waals surface area contributed by atoms with Crippen LogP contribution in [0.5, 0.6) is 0 Å². The average molecular weight is 310 g/mol. The number of nitrogens with one attached hydrogen (secondary N) is 1. The Hall–Kier alpha value is -2.10. The van der Waals surface area contributed by atoms with Gasteiger partial charge in [0.2, 0.25) is 5.95 Å². The lowest BCUT2D eigenvalue weighted by atomic mass is 10.0. The van der Waals surface area contributed by atoms with Gasteiger partial charge >= 0.3 is 0 Å². The Morgan fingerprint density at radius 2 is 2.04 bits per heavy atom. The highest BCUT2D eigenvalue weighted by atomic mass is 15.2. The van der Waals surface area contributed by atoms with Gasteiger partial charge in [0, 0.05) is 31.3 Å². The summed E-state index contributed by atoms with van der Waals surface area (Å²) in [5, 5.41) is 3.35. The molecule has 0 radical (unpaired) electrons. The molecule has 23 heavy (non-hydrogen) atoms. The highest BCUT2D eigenvalue weighted by Crippen LogP contribution is 2.26. The number of hydrogen-bond acceptors (Lipinski definition) is 4. The van der Waals surface area contributed by atoms with Gasteiger partial charge < -0.3 is 10.2 Å². The van der Waals surface area contributed by atoms with Crippen LogP contribution in [0.25, 0.3) is 11.3 Å². The smallest absolute Gasteiger partial charge is 0.225 e. The maximum Gasteiger partial charge on any atom is 0.225 e. The molecule has 1 atom stereocenters. The van der Waals surface area contributed by atoms with Crippen LogP contribution in [0.15, 0.2) is 36.4 Å². The van der Waals surface area contributed by atoms with E-state index in [2.05, 4.69) is 54.4 Å². The van der Waals surface area contributed by atoms with Crippen molar-refractivity contribution in [3.8, 4) is 11.3 Å². The zero-order valence-electron chi connectivity index (χ0n) is 14.1. The van der Waals surface area contributed by atoms with Crippen molar-refractivity contribution in [1.82, 2.24) is 9.97 Å². The normalized spacial score (nSPS) is 18.0. The first-order valence-corrected chi connectivity index (χ1v) is 8.69. The highest BCUT2D eigenvalue weighted by Gasteiger charge is 2.19. The molecule has 2 aromatic rings. The van der Waals surface area contributed by atoms with Crippen LogP contribution in [-0.4, -0.2) is 29.6 Å². The van der Waals surface area contributed by atoms with Crippen LogP contribution >= 0.6 is 0 Å². The summed E-state index contributed by atoms with van der Waals surface area (Å²) in [5.74, 6) is 2.51. The summed E-state index contributed by atoms with van der Waals surface area (Å²) < 4.78 is 0. The van der Waals surface area contributed by atoms with Crippen LogP contribution in [0.3, 0.4) is 0 Å². The van der Waals surface area contributed by atoms with Crippen molar-refractivity contribution in [1.29, 1.82) is 0 Å². The Bertz CT molecular complexity index is 627. The van der Waals surface area contributed by atoms with Gasteiger partial charge in [-0.2, -0.15) is 4.98 Å². The Kier molecular flexibility index (Phi) is 5.11. The fraction of sp³-hybridized carbons (Fsp3) is 0.474. The van der Waals surface area contributed by atoms with E-state index in [1.807, 2.05) is 6.07 Å². The lowest BCUT2D eigenvalue weighted by molar-refractivity contribution is 0.444. The third kappa shape index (κ3) is 4.01. The van der Waals surface area contributed by atoms with Gasteiger partial charge in [-0.25, -0.2) is 4.98 Å². The van der Waals surface area contributed by atoms with Crippen molar-refractivity contribution in [2.75, 3.05) is 29.9 Å². The molecular formula is C19H26N4. The molecule has 1 fully saturated rings. The summed E-state index contributed by atoms with van der Waals surface area (Å²) in [7, 11) is 0. The topological polar surface area (TPSA) is 41.1 Å². The van der Waals surface area contributed by atoms with E-state index in [-0.39, 0.29) is 0 Å². The number of hydrogen-bond donors (Lipinski definition) is 1. The summed E-state index contributed by atoms with van der Waals surface area (Å²) in [6, 6.07) is 12.5. The molecular weight excluding hydrogens is 284 g/mol. The van der Waals surface area contributed by atoms with E-state index in [0.29, 0.717) is 0 Å². The maximum atomic E-state index is 4.76. The van der Waals surface area contributed by atoms with Gasteiger partial charge in [0.15, 0.2) is 0 Å². The van der Waals surface area contributed by atoms with E-state index in [0.717, 1.165) is 55.0 Å². The first-order chi connectivity index (χ1) is 11.3. The quantitative estimate of drug-likeness (QED) is 0.898. The molecule has 4 heteroatoms. The molecule has 3 rings (SSSR count). The number of benzene rings is 1. The fourth-order valence-corrected chi connectivity index (χ4v) is 3.07. The number of rotatable bonds is 5. The first kappa shape index (κ1) is 15.8. The number of piperidine rings is 1. The zero-order valence-corrected chi connectivity index (χ0v) is 14.1. The molecule has 1 aliphatic rings. The van der Waals surface area contributed by atoms with E-state index in [4.69, 9.17) is 9.97 Å². The number of anilines is 2. The molecule has 0 saturated carbocycles. The Morgan fingerprint density at radius 3 is 2.78 bits per heavy atom. The van der Waals surface area contributed by atoms with Gasteiger partial charge in [-0.05, 0) is 25.2 Å². The van der Waals surface area contributed by atoms with Crippen LogP contribution in [0, 0.1) is 5.92 Å². The third-order valence-corrected chi connectivity index (χ3v) is 4.30. The summed E-state index contributed by atoms with van der Waals surface area (Å²) in [4.78, 5) is 11.9. The molecule has 0 spiro atoms. The van der Waals surface area contributed by atoms with Gasteiger partial charge in [0.05, 0.1) is 5.69 Å². The second-order valence-corrected chi connectivity index (χ2v) is 6.42. The van der Waals surface area contributed by atoms with Crippen LogP contribution < -0.4 is 10.2 Å². The van der Waals surface area contributed by atoms with Crippen molar-refractivity contribution in [3.63, 3.8) is 0 Å². The van der Waals surface area contributed by atoms with Crippen molar-refractivity contribution < 1.29 is 0 Å². The van der Waals surface area contributed by atoms with Gasteiger partial charge in [-0.3, -0.25) is 0 Å². The average Bonchev–Trinajstić information content (AvgIpc) is 2.60. The van der Waals surface area contributed by atoms with Crippen LogP contribution in [0.1, 0.15) is 33.1 Å². The molecule has 1 saturated heterocycles. The van der Waals surface area contributed by atoms with Gasteiger partial charge in [0.25, 0.3) is 0 Å². The minimum absolute atomic E-state index is 0.728. The van der Waals surface area contributed by atoms with E-state index in [1.54, 1.807) is 0 Å². The Morgan fingerprint density at radius 1 is 1.22 bits per heavy atom. The molecule has 1 aromatic carbocycles. The Labute approximate surface area is 139 Å². The molecule has 0 bridgehead atoms. The fourth-order valence-electron chi connectivity index (χ4n) is 3.07. The predicted octanol–water partition coefficient (Wildman–Crippen LogP) is 4.20. The molecule has 1 N–H and O–H groups in total. The van der Waals surface area contributed by atoms with E-state index in [1.165, 1.54) is 12.8 Å². The maximum absolute atomic E-state index is 4.76. The van der Waals surface area contributed by atoms with Crippen LogP contribution in [-0.2, 0) is 0 Å². The van der Waals surface area contributed by atoms with E-state index >= 15 is 0 Å². The van der Waals surface area contributed by atoms with Crippen molar-refractivity contribution in [2.24, 2.45) is 5.92 Å². The van der Waals surface area contributed by atoms with Crippen LogP contribution in [0.4, 0.5) is 11.8 Å². The second kappa shape index (κ2) is 7.44. The summed E-state index contributed by atoms with van der Waals surface area (Å²) in [5.41, 5.74) is 2.13. The minimum Gasteiger partial charge on any atom is -0.356 e. The second-order valence-electron chi connectivity index (χ2n) is 6.42. The van der Waals surface area contributed by atoms with Gasteiger partial charge in [0.1, 0.15) is 5.82 Å². The predicted molar refractivity (Wildman–Crippen MR) is 96.9 cm³/mol. The highest BCUT2D eigenvalue weighted by molar-refractivity contribution is 5.64. The molecule has 2 heterocycles. The van der Waals surface area contributed by atoms with Crippen molar-refractivity contribution in [2.45, 2.75) is 33.1 Å². The number of nitrogens with zero attached hydrogens (tertiary/aromatic N) is 3. The first-order valence-electron chi connectivity index (χ1n) is 8.69. The standard InChI is InChI=1S/C19H26N4/c1-3-11-20-19-21-17(16-9-5-4-6-10-16)13-18(22-19)23-12-7-8-15(2)14-23/h4-6,9-10,13,15H,3,7-8,11-12,14H2,1-2H3,(H,20,21,22). The van der Waals surface area contributed by atoms with Crippen LogP contribution in [0.2, 0.25) is 0 Å². The largest absolute Gasteiger partial charge is 0.356 e. The molecule has 4 nitrogen and oxygen atoms in total. The molecule has 0 aliphatic carbocycles. The monoisotopic (exact) mass is 310 g/mol. The molecule has 1 aliphatic heterocycles. The lowest BCUT2D eigenvalue weighted by Crippen LogP contribution is -2.35. The van der Waals surface area contributed by atoms with Crippen molar-refractivity contribution in [3.05, 3.63) is 36.4 Å². The van der Waals surface area contributed by atoms with Gasteiger partial charge in [-0.15, -0.1) is 0 Å². The summed E-state index contributed by atoms with van der Waals surface area (Å²) in [6.07, 6.45) is 3.62. The third-order valence-electron chi connectivity index (χ3n) is 4.30. The zero-order chi connectivity index (χ0) is 16.1. The lowest BCUT2D eigenvalue weighted by Gasteiger charge is -2.32. The molecule has 122 valence electrons. The minimum atomic E-state index is 0.728.